The van der Waals surface area contributed by atoms with E-state index in [0.717, 1.165) is 18.2 Å². The summed E-state index contributed by atoms with van der Waals surface area (Å²) in [7, 11) is 16.4. The van der Waals surface area contributed by atoms with Gasteiger partial charge >= 0.3 is 6.36 Å². The Morgan fingerprint density at radius 2 is 1.62 bits per heavy atom. The van der Waals surface area contributed by atoms with Crippen molar-refractivity contribution in [2.45, 2.75) is 11.7 Å². The van der Waals surface area contributed by atoms with Crippen LogP contribution in [0.3, 0.4) is 0 Å². The van der Waals surface area contributed by atoms with Crippen LogP contribution in [0.4, 0.5) is 18.9 Å². The number of nitrogens with zero attached hydrogens (tertiary/aromatic N) is 1. The molecule has 4 rings (SSSR count). The van der Waals surface area contributed by atoms with E-state index in [1.807, 2.05) is 0 Å². The van der Waals surface area contributed by atoms with Crippen molar-refractivity contribution < 1.29 is 46.4 Å². The quantitative estimate of drug-likeness (QED) is 0.421. The molecular formula is C23H15B3F3N3O7. The number of hydrogen-bond donors (Lipinski definition) is 2. The van der Waals surface area contributed by atoms with Crippen LogP contribution in [0.15, 0.2) is 48.7 Å². The second-order valence-electron chi connectivity index (χ2n) is 7.95. The number of carbonyl (C=O) groups excluding carboxylic acids is 2. The zero-order valence-electron chi connectivity index (χ0n) is 19.8. The minimum Gasteiger partial charge on any atom is -0.512 e. The van der Waals surface area contributed by atoms with E-state index < -0.39 is 35.0 Å². The number of ether oxygens (including phenoxy) is 5. The third kappa shape index (κ3) is 7.30. The van der Waals surface area contributed by atoms with E-state index in [2.05, 4.69) is 15.0 Å². The lowest BCUT2D eigenvalue weighted by atomic mass is 9.52. The second-order valence-corrected chi connectivity index (χ2v) is 7.95. The minimum absolute atomic E-state index is 0.0942. The average molecular weight is 535 g/mol. The van der Waals surface area contributed by atoms with E-state index in [0.29, 0.717) is 0 Å². The van der Waals surface area contributed by atoms with Gasteiger partial charge in [0, 0.05) is 30.1 Å². The zero-order chi connectivity index (χ0) is 28.4. The Kier molecular flexibility index (Phi) is 7.57. The van der Waals surface area contributed by atoms with Crippen molar-refractivity contribution in [3.63, 3.8) is 0 Å². The summed E-state index contributed by atoms with van der Waals surface area (Å²) in [5.41, 5.74) is 5.23. The summed E-state index contributed by atoms with van der Waals surface area (Å²) in [6.07, 6.45) is -3.74. The molecule has 0 aliphatic carbocycles. The van der Waals surface area contributed by atoms with Gasteiger partial charge in [-0.3, -0.25) is 14.6 Å². The molecule has 10 nitrogen and oxygen atoms in total. The highest BCUT2D eigenvalue weighted by Gasteiger charge is 2.32. The van der Waals surface area contributed by atoms with Crippen LogP contribution in [0.25, 0.3) is 0 Å². The van der Waals surface area contributed by atoms with Crippen LogP contribution in [0.5, 0.6) is 34.5 Å². The molecule has 2 aromatic carbocycles. The molecule has 0 spiro atoms. The van der Waals surface area contributed by atoms with Gasteiger partial charge in [0.2, 0.25) is 0 Å². The molecule has 1 aliphatic rings. The van der Waals surface area contributed by atoms with E-state index in [4.69, 9.17) is 48.2 Å². The van der Waals surface area contributed by atoms with Gasteiger partial charge in [-0.1, -0.05) is 0 Å². The van der Waals surface area contributed by atoms with Crippen LogP contribution >= 0.6 is 0 Å². The lowest BCUT2D eigenvalue weighted by Gasteiger charge is -2.26. The number of anilines is 1. The number of rotatable bonds is 8. The van der Waals surface area contributed by atoms with E-state index >= 15 is 0 Å². The Labute approximate surface area is 223 Å². The predicted octanol–water partition coefficient (Wildman–Crippen LogP) is 2.39. The minimum atomic E-state index is -5.01. The molecule has 0 atom stereocenters. The number of alkyl halides is 3. The smallest absolute Gasteiger partial charge is 0.512 e. The molecule has 2 amide bonds. The summed E-state index contributed by atoms with van der Waals surface area (Å²) in [6.45, 7) is 0.420. The second kappa shape index (κ2) is 10.7. The van der Waals surface area contributed by atoms with Crippen molar-refractivity contribution in [1.29, 1.82) is 0 Å². The van der Waals surface area contributed by atoms with Gasteiger partial charge < -0.3 is 34.7 Å². The van der Waals surface area contributed by atoms with Gasteiger partial charge in [0.15, 0.2) is 23.0 Å². The maximum absolute atomic E-state index is 13.3. The average Bonchev–Trinajstić information content (AvgIpc) is 2.83. The molecule has 16 heteroatoms. The Bertz CT molecular complexity index is 1420. The first-order chi connectivity index (χ1) is 18.3. The molecule has 0 bridgehead atoms. The third-order valence-corrected chi connectivity index (χ3v) is 4.81. The molecule has 3 N–H and O–H groups in total. The van der Waals surface area contributed by atoms with Gasteiger partial charge in [-0.05, 0) is 29.6 Å². The monoisotopic (exact) mass is 535 g/mol. The fourth-order valence-electron chi connectivity index (χ4n) is 3.33. The topological polar surface area (TPSA) is 131 Å². The van der Waals surface area contributed by atoms with Crippen molar-refractivity contribution in [3.05, 3.63) is 59.9 Å². The van der Waals surface area contributed by atoms with E-state index in [-0.39, 0.29) is 53.2 Å². The standard InChI is InChI=1S/C23H15B3F3N3O7/c24-22(25,26)39-19-8-12(38-23(27,28)29)1-2-15(19)37-16-10-18-17(35-5-6-36-18)9-13(16)21(34)32-11-3-4-31-14(7-11)20(30)33/h1-4,7-10H,5-6H2,(H2,30,33)(H,31,32,34). The number of nitrogens with one attached hydrogen (secondary N) is 1. The van der Waals surface area contributed by atoms with Crippen molar-refractivity contribution >= 4 is 41.0 Å². The van der Waals surface area contributed by atoms with E-state index in [9.17, 15) is 22.8 Å². The summed E-state index contributed by atoms with van der Waals surface area (Å²) in [4.78, 5) is 28.5. The number of nitrogens with two attached hydrogens (primary N) is 1. The fraction of sp³-hybridized carbons (Fsp3) is 0.174. The van der Waals surface area contributed by atoms with E-state index in [1.54, 1.807) is 0 Å². The first-order valence-electron chi connectivity index (χ1n) is 10.9. The zero-order valence-corrected chi connectivity index (χ0v) is 19.8. The van der Waals surface area contributed by atoms with Crippen LogP contribution in [0.1, 0.15) is 20.8 Å². The molecular weight excluding hydrogens is 520 g/mol. The Morgan fingerprint density at radius 1 is 0.923 bits per heavy atom. The number of aromatic nitrogens is 1. The Morgan fingerprint density at radius 3 is 2.26 bits per heavy atom. The largest absolute Gasteiger partial charge is 0.573 e. The van der Waals surface area contributed by atoms with Crippen molar-refractivity contribution in [3.8, 4) is 34.5 Å². The maximum atomic E-state index is 13.3. The summed E-state index contributed by atoms with van der Waals surface area (Å²) in [5.74, 6) is -2.58. The molecule has 0 saturated carbocycles. The van der Waals surface area contributed by atoms with Crippen LogP contribution in [-0.2, 0) is 0 Å². The highest BCUT2D eigenvalue weighted by molar-refractivity contribution is 6.58. The first-order valence-corrected chi connectivity index (χ1v) is 10.9. The van der Waals surface area contributed by atoms with E-state index in [1.165, 1.54) is 30.5 Å². The summed E-state index contributed by atoms with van der Waals surface area (Å²) in [5, 5.41) is 0.257. The molecule has 39 heavy (non-hydrogen) atoms. The maximum Gasteiger partial charge on any atom is 0.573 e. The van der Waals surface area contributed by atoms with Crippen molar-refractivity contribution in [2.75, 3.05) is 18.5 Å². The lowest BCUT2D eigenvalue weighted by Crippen LogP contribution is -2.37. The number of halogens is 3. The summed E-state index contributed by atoms with van der Waals surface area (Å²) in [6, 6.07) is 8.12. The SMILES string of the molecule is [B]C([B])([B])Oc1cc(OC(F)(F)F)ccc1Oc1cc2c(cc1C(=O)Nc1ccnc(C(N)=O)c1)OCCO2. The number of primary amides is 1. The fourth-order valence-corrected chi connectivity index (χ4v) is 3.33. The number of benzene rings is 2. The Balaban J connectivity index is 1.73. The van der Waals surface area contributed by atoms with Crippen LogP contribution < -0.4 is 34.7 Å². The van der Waals surface area contributed by atoms with Gasteiger partial charge in [-0.25, -0.2) is 0 Å². The first kappa shape index (κ1) is 27.5. The molecule has 0 fully saturated rings. The molecule has 0 unspecified atom stereocenters. The number of pyridine rings is 1. The van der Waals surface area contributed by atoms with Gasteiger partial charge in [0.05, 0.1) is 5.56 Å². The molecule has 194 valence electrons. The van der Waals surface area contributed by atoms with Crippen molar-refractivity contribution in [2.24, 2.45) is 5.73 Å². The summed E-state index contributed by atoms with van der Waals surface area (Å²) < 4.78 is 64.2. The molecule has 1 aromatic heterocycles. The van der Waals surface area contributed by atoms with Gasteiger partial charge in [0.25, 0.3) is 11.8 Å². The third-order valence-electron chi connectivity index (χ3n) is 4.81. The molecule has 6 radical (unpaired) electrons. The van der Waals surface area contributed by atoms with Crippen LogP contribution in [-0.4, -0.2) is 65.2 Å². The molecule has 3 aromatic rings. The highest BCUT2D eigenvalue weighted by atomic mass is 19.4. The van der Waals surface area contributed by atoms with Crippen LogP contribution in [0.2, 0.25) is 0 Å². The highest BCUT2D eigenvalue weighted by Crippen LogP contribution is 2.42. The molecule has 2 heterocycles. The number of amides is 2. The predicted molar refractivity (Wildman–Crippen MR) is 132 cm³/mol. The van der Waals surface area contributed by atoms with Gasteiger partial charge in [-0.2, -0.15) is 0 Å². The van der Waals surface area contributed by atoms with Gasteiger partial charge in [-0.15, -0.1) is 13.2 Å². The lowest BCUT2D eigenvalue weighted by molar-refractivity contribution is -0.274. The Hall–Kier alpha value is -4.49. The van der Waals surface area contributed by atoms with Crippen LogP contribution in [0, 0.1) is 0 Å². The molecule has 1 aliphatic heterocycles. The number of hydrogen-bond acceptors (Lipinski definition) is 8. The van der Waals surface area contributed by atoms with Crippen molar-refractivity contribution in [1.82, 2.24) is 4.98 Å². The normalized spacial score (nSPS) is 12.8. The molecule has 0 saturated heterocycles. The summed E-state index contributed by atoms with van der Waals surface area (Å²) >= 11 is 0. The van der Waals surface area contributed by atoms with Gasteiger partial charge in [0.1, 0.15) is 53.9 Å². The number of carbonyl (C=O) groups is 2. The number of fused-ring (bicyclic) bond motifs is 1.